The Bertz CT molecular complexity index is 261. The van der Waals surface area contributed by atoms with E-state index in [0.717, 1.165) is 32.7 Å². The number of hydrogen-bond donors (Lipinski definition) is 5. The first-order valence-electron chi connectivity index (χ1n) is 9.30. The van der Waals surface area contributed by atoms with Crippen molar-refractivity contribution >= 4 is 0 Å². The lowest BCUT2D eigenvalue weighted by molar-refractivity contribution is 0.317. The van der Waals surface area contributed by atoms with E-state index >= 15 is 0 Å². The normalized spacial score (nSPS) is 25.1. The molecule has 1 fully saturated rings. The van der Waals surface area contributed by atoms with E-state index in [9.17, 15) is 0 Å². The van der Waals surface area contributed by atoms with Crippen molar-refractivity contribution in [1.29, 1.82) is 0 Å². The minimum atomic E-state index is 0.347. The van der Waals surface area contributed by atoms with Gasteiger partial charge >= 0.3 is 0 Å². The molecule has 0 heterocycles. The van der Waals surface area contributed by atoms with Gasteiger partial charge < -0.3 is 27.0 Å². The van der Waals surface area contributed by atoms with Crippen molar-refractivity contribution in [1.82, 2.24) is 21.3 Å². The molecule has 1 aliphatic rings. The van der Waals surface area contributed by atoms with E-state index in [0.29, 0.717) is 24.2 Å². The van der Waals surface area contributed by atoms with Gasteiger partial charge in [-0.05, 0) is 39.7 Å². The van der Waals surface area contributed by atoms with Crippen molar-refractivity contribution < 1.29 is 0 Å². The topological polar surface area (TPSA) is 74.1 Å². The molecule has 0 amide bonds. The maximum absolute atomic E-state index is 6.17. The lowest BCUT2D eigenvalue weighted by atomic mass is 9.91. The highest BCUT2D eigenvalue weighted by atomic mass is 15.0. The van der Waals surface area contributed by atoms with E-state index in [-0.39, 0.29) is 0 Å². The lowest BCUT2D eigenvalue weighted by Gasteiger charge is -2.30. The van der Waals surface area contributed by atoms with Crippen LogP contribution in [0.15, 0.2) is 0 Å². The van der Waals surface area contributed by atoms with E-state index in [1.165, 1.54) is 32.1 Å². The number of nitrogens with one attached hydrogen (secondary N) is 4. The second-order valence-electron chi connectivity index (χ2n) is 6.88. The summed E-state index contributed by atoms with van der Waals surface area (Å²) in [6.07, 6.45) is 6.22. The Hall–Kier alpha value is -0.200. The summed E-state index contributed by atoms with van der Waals surface area (Å²) in [5, 5.41) is 14.2. The molecule has 6 N–H and O–H groups in total. The van der Waals surface area contributed by atoms with Gasteiger partial charge in [0.25, 0.3) is 0 Å². The van der Waals surface area contributed by atoms with Gasteiger partial charge in [-0.2, -0.15) is 0 Å². The third kappa shape index (κ3) is 9.06. The quantitative estimate of drug-likeness (QED) is 0.345. The Morgan fingerprint density at radius 2 is 1.64 bits per heavy atom. The van der Waals surface area contributed by atoms with Crippen LogP contribution in [-0.2, 0) is 0 Å². The molecule has 0 bridgehead atoms. The van der Waals surface area contributed by atoms with E-state index in [2.05, 4.69) is 42.0 Å². The summed E-state index contributed by atoms with van der Waals surface area (Å²) in [6.45, 7) is 11.9. The van der Waals surface area contributed by atoms with Gasteiger partial charge in [-0.1, -0.05) is 19.8 Å². The summed E-state index contributed by atoms with van der Waals surface area (Å²) >= 11 is 0. The predicted molar refractivity (Wildman–Crippen MR) is 96.3 cm³/mol. The Balaban J connectivity index is 1.95. The highest BCUT2D eigenvalue weighted by molar-refractivity contribution is 4.84. The molecule has 5 heteroatoms. The molecule has 0 radical (unpaired) electrons. The second kappa shape index (κ2) is 12.3. The maximum atomic E-state index is 6.17. The van der Waals surface area contributed by atoms with Gasteiger partial charge in [0.1, 0.15) is 0 Å². The van der Waals surface area contributed by atoms with Gasteiger partial charge in [0.2, 0.25) is 0 Å². The van der Waals surface area contributed by atoms with Crippen molar-refractivity contribution in [2.24, 2.45) is 5.73 Å². The first-order valence-corrected chi connectivity index (χ1v) is 9.30. The van der Waals surface area contributed by atoms with E-state index < -0.39 is 0 Å². The molecule has 0 aromatic heterocycles. The first kappa shape index (κ1) is 19.8. The Morgan fingerprint density at radius 1 is 0.955 bits per heavy atom. The van der Waals surface area contributed by atoms with Crippen molar-refractivity contribution in [3.63, 3.8) is 0 Å². The molecule has 0 aromatic rings. The molecule has 0 spiro atoms. The van der Waals surface area contributed by atoms with Gasteiger partial charge in [-0.15, -0.1) is 0 Å². The molecule has 0 saturated heterocycles. The third-order valence-electron chi connectivity index (χ3n) is 4.49. The molecule has 4 atom stereocenters. The third-order valence-corrected chi connectivity index (χ3v) is 4.49. The standard InChI is InChI=1S/C17H39N5/c1-4-9-20-14(2)12-19-10-11-21-15(3)13-22-17-8-6-5-7-16(17)18/h14-17,19-22H,4-13,18H2,1-3H3/t14-,15-,16+,17+/m0/s1. The SMILES string of the molecule is CCCN[C@@H](C)CNCCN[C@@H](C)CN[C@@H]1CCCC[C@H]1N. The summed E-state index contributed by atoms with van der Waals surface area (Å²) < 4.78 is 0. The van der Waals surface area contributed by atoms with Crippen LogP contribution in [0.4, 0.5) is 0 Å². The van der Waals surface area contributed by atoms with Crippen LogP contribution >= 0.6 is 0 Å². The Kier molecular flexibility index (Phi) is 11.1. The molecule has 0 aromatic carbocycles. The lowest BCUT2D eigenvalue weighted by Crippen LogP contribution is -2.51. The van der Waals surface area contributed by atoms with Crippen molar-refractivity contribution in [3.05, 3.63) is 0 Å². The fourth-order valence-corrected chi connectivity index (χ4v) is 3.00. The summed E-state index contributed by atoms with van der Waals surface area (Å²) in [5.41, 5.74) is 6.17. The van der Waals surface area contributed by atoms with Crippen LogP contribution in [0.1, 0.15) is 52.9 Å². The summed E-state index contributed by atoms with van der Waals surface area (Å²) in [5.74, 6) is 0. The smallest absolute Gasteiger partial charge is 0.0219 e. The molecule has 1 rings (SSSR count). The zero-order chi connectivity index (χ0) is 16.2. The number of hydrogen-bond acceptors (Lipinski definition) is 5. The monoisotopic (exact) mass is 313 g/mol. The Labute approximate surface area is 137 Å². The minimum Gasteiger partial charge on any atom is -0.326 e. The molecule has 0 aliphatic heterocycles. The van der Waals surface area contributed by atoms with Gasteiger partial charge in [-0.25, -0.2) is 0 Å². The van der Waals surface area contributed by atoms with Crippen molar-refractivity contribution in [2.75, 3.05) is 32.7 Å². The predicted octanol–water partition coefficient (Wildman–Crippen LogP) is 0.802. The first-order chi connectivity index (χ1) is 10.6. The van der Waals surface area contributed by atoms with Crippen LogP contribution < -0.4 is 27.0 Å². The fourth-order valence-electron chi connectivity index (χ4n) is 3.00. The molecule has 132 valence electrons. The van der Waals surface area contributed by atoms with E-state index in [1.807, 2.05) is 0 Å². The molecular formula is C17H39N5. The summed E-state index contributed by atoms with van der Waals surface area (Å²) in [6, 6.07) is 1.90. The average molecular weight is 314 g/mol. The van der Waals surface area contributed by atoms with Crippen LogP contribution in [0.3, 0.4) is 0 Å². The van der Waals surface area contributed by atoms with E-state index in [1.54, 1.807) is 0 Å². The van der Waals surface area contributed by atoms with Crippen LogP contribution in [0, 0.1) is 0 Å². The molecule has 22 heavy (non-hydrogen) atoms. The zero-order valence-electron chi connectivity index (χ0n) is 15.0. The molecular weight excluding hydrogens is 274 g/mol. The Morgan fingerprint density at radius 3 is 2.36 bits per heavy atom. The van der Waals surface area contributed by atoms with Gasteiger partial charge in [0.05, 0.1) is 0 Å². The zero-order valence-corrected chi connectivity index (χ0v) is 15.0. The van der Waals surface area contributed by atoms with Crippen molar-refractivity contribution in [3.8, 4) is 0 Å². The second-order valence-corrected chi connectivity index (χ2v) is 6.88. The van der Waals surface area contributed by atoms with Crippen LogP contribution in [0.25, 0.3) is 0 Å². The van der Waals surface area contributed by atoms with Gasteiger partial charge in [0, 0.05) is 50.3 Å². The molecule has 1 aliphatic carbocycles. The largest absolute Gasteiger partial charge is 0.326 e. The van der Waals surface area contributed by atoms with Crippen LogP contribution in [0.2, 0.25) is 0 Å². The molecule has 0 unspecified atom stereocenters. The highest BCUT2D eigenvalue weighted by Gasteiger charge is 2.21. The van der Waals surface area contributed by atoms with Crippen LogP contribution in [0.5, 0.6) is 0 Å². The van der Waals surface area contributed by atoms with Gasteiger partial charge in [0.15, 0.2) is 0 Å². The summed E-state index contributed by atoms with van der Waals surface area (Å²) in [7, 11) is 0. The van der Waals surface area contributed by atoms with Crippen LogP contribution in [-0.4, -0.2) is 56.9 Å². The maximum Gasteiger partial charge on any atom is 0.0219 e. The van der Waals surface area contributed by atoms with Gasteiger partial charge in [-0.3, -0.25) is 0 Å². The fraction of sp³-hybridized carbons (Fsp3) is 1.00. The summed E-state index contributed by atoms with van der Waals surface area (Å²) in [4.78, 5) is 0. The van der Waals surface area contributed by atoms with E-state index in [4.69, 9.17) is 5.73 Å². The number of nitrogens with two attached hydrogens (primary N) is 1. The minimum absolute atomic E-state index is 0.347. The molecule has 5 nitrogen and oxygen atoms in total. The number of rotatable bonds is 12. The average Bonchev–Trinajstić information content (AvgIpc) is 2.51. The molecule has 1 saturated carbocycles. The highest BCUT2D eigenvalue weighted by Crippen LogP contribution is 2.16. The van der Waals surface area contributed by atoms with Crippen molar-refractivity contribution in [2.45, 2.75) is 77.0 Å².